The van der Waals surface area contributed by atoms with Crippen LogP contribution in [0.4, 0.5) is 4.79 Å². The molecule has 150 valence electrons. The van der Waals surface area contributed by atoms with Crippen molar-refractivity contribution in [3.8, 4) is 0 Å². The van der Waals surface area contributed by atoms with Crippen LogP contribution >= 0.6 is 23.8 Å². The summed E-state index contributed by atoms with van der Waals surface area (Å²) < 4.78 is 4.20. The maximum Gasteiger partial charge on any atom is 0.326 e. The van der Waals surface area contributed by atoms with E-state index in [-0.39, 0.29) is 36.2 Å². The Hall–Kier alpha value is -1.54. The number of rotatable bonds is 9. The summed E-state index contributed by atoms with van der Waals surface area (Å²) in [6, 6.07) is -1.36. The molecule has 3 fully saturated rings. The molecule has 0 aromatic rings. The average Bonchev–Trinajstić information content (AvgIpc) is 3.24. The second kappa shape index (κ2) is 8.65. The number of urea groups is 1. The van der Waals surface area contributed by atoms with E-state index in [0.717, 1.165) is 10.7 Å². The van der Waals surface area contributed by atoms with E-state index in [9.17, 15) is 24.3 Å². The smallest absolute Gasteiger partial charge is 0.326 e. The van der Waals surface area contributed by atoms with Crippen LogP contribution in [0, 0.1) is 0 Å². The largest absolute Gasteiger partial charge is 0.480 e. The van der Waals surface area contributed by atoms with Crippen LogP contribution in [0.25, 0.3) is 0 Å². The van der Waals surface area contributed by atoms with Gasteiger partial charge >= 0.3 is 12.0 Å². The van der Waals surface area contributed by atoms with Crippen molar-refractivity contribution in [2.75, 3.05) is 5.75 Å². The fourth-order valence-corrected chi connectivity index (χ4v) is 5.69. The maximum atomic E-state index is 12.3. The highest BCUT2D eigenvalue weighted by molar-refractivity contribution is 8.00. The van der Waals surface area contributed by atoms with Gasteiger partial charge in [-0.1, -0.05) is 5.04 Å². The number of nitrogens with one attached hydrogen (secondary N) is 2. The molecule has 27 heavy (non-hydrogen) atoms. The van der Waals surface area contributed by atoms with Crippen molar-refractivity contribution in [1.29, 1.82) is 0 Å². The molecule has 11 nitrogen and oxygen atoms in total. The van der Waals surface area contributed by atoms with Gasteiger partial charge in [-0.3, -0.25) is 14.5 Å². The first-order valence-corrected chi connectivity index (χ1v) is 10.2. The first-order chi connectivity index (χ1) is 12.9. The van der Waals surface area contributed by atoms with Crippen LogP contribution in [-0.4, -0.2) is 73.5 Å². The van der Waals surface area contributed by atoms with Crippen LogP contribution in [0.15, 0.2) is 0 Å². The van der Waals surface area contributed by atoms with E-state index in [1.54, 1.807) is 11.8 Å². The number of carbonyl (C=O) groups excluding carboxylic acids is 3. The minimum atomic E-state index is -1.26. The van der Waals surface area contributed by atoms with Gasteiger partial charge in [0, 0.05) is 23.0 Å². The SMILES string of the molecule is O=C1N[C@H]2CSC(CCCC(C(=O)O)N3C(=O)CC(SOOO)C3=O)[C@H]2N1. The Labute approximate surface area is 162 Å². The minimum absolute atomic E-state index is 0.0113. The van der Waals surface area contributed by atoms with Gasteiger partial charge < -0.3 is 15.7 Å². The van der Waals surface area contributed by atoms with Gasteiger partial charge in [-0.2, -0.15) is 11.8 Å². The Kier molecular flexibility index (Phi) is 6.47. The minimum Gasteiger partial charge on any atom is -0.480 e. The molecule has 0 bridgehead atoms. The molecule has 3 saturated heterocycles. The fraction of sp³-hybridized carbons (Fsp3) is 0.714. The molecule has 0 aromatic heterocycles. The summed E-state index contributed by atoms with van der Waals surface area (Å²) >= 11 is 2.17. The van der Waals surface area contributed by atoms with E-state index < -0.39 is 29.1 Å². The van der Waals surface area contributed by atoms with Gasteiger partial charge in [0.15, 0.2) is 0 Å². The lowest BCUT2D eigenvalue weighted by Crippen LogP contribution is -2.45. The molecule has 5 atom stereocenters. The maximum absolute atomic E-state index is 12.3. The summed E-state index contributed by atoms with van der Waals surface area (Å²) in [6.07, 6.45) is 1.04. The third-order valence-corrected chi connectivity index (χ3v) is 7.08. The molecule has 3 heterocycles. The molecule has 3 aliphatic rings. The lowest BCUT2D eigenvalue weighted by Gasteiger charge is -2.24. The highest BCUT2D eigenvalue weighted by atomic mass is 32.2. The van der Waals surface area contributed by atoms with Gasteiger partial charge in [-0.15, -0.1) is 4.33 Å². The molecule has 0 aliphatic carbocycles. The van der Waals surface area contributed by atoms with Crippen LogP contribution in [0.2, 0.25) is 0 Å². The van der Waals surface area contributed by atoms with E-state index in [0.29, 0.717) is 24.9 Å². The van der Waals surface area contributed by atoms with Crippen molar-refractivity contribution >= 4 is 47.6 Å². The Morgan fingerprint density at radius 2 is 2.15 bits per heavy atom. The number of imide groups is 1. The van der Waals surface area contributed by atoms with Crippen LogP contribution in [0.3, 0.4) is 0 Å². The lowest BCUT2D eigenvalue weighted by molar-refractivity contribution is -0.432. The summed E-state index contributed by atoms with van der Waals surface area (Å²) in [5.41, 5.74) is 0. The lowest BCUT2D eigenvalue weighted by atomic mass is 10.0. The highest BCUT2D eigenvalue weighted by Gasteiger charge is 2.46. The first kappa shape index (κ1) is 20.2. The summed E-state index contributed by atoms with van der Waals surface area (Å²) in [7, 11) is 0. The second-order valence-electron chi connectivity index (χ2n) is 6.44. The van der Waals surface area contributed by atoms with E-state index in [1.165, 1.54) is 0 Å². The number of fused-ring (bicyclic) bond motifs is 1. The number of thioether (sulfide) groups is 1. The van der Waals surface area contributed by atoms with Gasteiger partial charge in [0.1, 0.15) is 11.3 Å². The normalized spacial score (nSPS) is 31.0. The Morgan fingerprint density at radius 1 is 1.37 bits per heavy atom. The summed E-state index contributed by atoms with van der Waals surface area (Å²) in [5.74, 6) is -1.74. The monoisotopic (exact) mass is 421 g/mol. The molecule has 3 rings (SSSR count). The van der Waals surface area contributed by atoms with Crippen molar-refractivity contribution in [1.82, 2.24) is 15.5 Å². The summed E-state index contributed by atoms with van der Waals surface area (Å²) in [5, 5.41) is 26.0. The topological polar surface area (TPSA) is 155 Å². The Morgan fingerprint density at radius 3 is 2.85 bits per heavy atom. The summed E-state index contributed by atoms with van der Waals surface area (Å²) in [4.78, 5) is 48.2. The predicted molar refractivity (Wildman–Crippen MR) is 93.4 cm³/mol. The molecule has 3 aliphatic heterocycles. The van der Waals surface area contributed by atoms with Gasteiger partial charge in [0.25, 0.3) is 0 Å². The van der Waals surface area contributed by atoms with Crippen molar-refractivity contribution in [2.45, 2.75) is 54.3 Å². The average molecular weight is 421 g/mol. The van der Waals surface area contributed by atoms with Gasteiger partial charge in [-0.25, -0.2) is 14.8 Å². The quantitative estimate of drug-likeness (QED) is 0.131. The number of nitrogens with zero attached hydrogens (tertiary/aromatic N) is 1. The van der Waals surface area contributed by atoms with E-state index in [2.05, 4.69) is 20.0 Å². The number of carbonyl (C=O) groups is 4. The zero-order valence-electron chi connectivity index (χ0n) is 14.0. The van der Waals surface area contributed by atoms with Crippen LogP contribution < -0.4 is 10.6 Å². The molecule has 0 saturated carbocycles. The molecule has 0 aromatic carbocycles. The molecule has 4 amide bonds. The zero-order valence-corrected chi connectivity index (χ0v) is 15.7. The second-order valence-corrected chi connectivity index (χ2v) is 8.61. The van der Waals surface area contributed by atoms with Gasteiger partial charge in [-0.05, 0) is 19.3 Å². The number of carboxylic acid groups (broad SMARTS) is 1. The number of carboxylic acids is 1. The van der Waals surface area contributed by atoms with Crippen LogP contribution in [-0.2, 0) is 23.8 Å². The number of amides is 4. The fourth-order valence-electron chi connectivity index (χ4n) is 3.61. The predicted octanol–water partition coefficient (Wildman–Crippen LogP) is -0.0278. The standard InChI is InChI=1S/C14H19N3O8S2/c18-10-4-9(27-25-24-23)12(19)17(10)7(13(20)21)2-1-3-8-11-6(5-26-8)15-14(22)16-11/h6-9,11,23H,1-5H2,(H,20,21)(H2,15,16,22)/t6-,7?,8?,9?,11-/m0/s1. The van der Waals surface area contributed by atoms with Crippen molar-refractivity contribution < 1.29 is 38.9 Å². The third-order valence-electron chi connectivity index (χ3n) is 4.83. The van der Waals surface area contributed by atoms with E-state index in [4.69, 9.17) is 5.26 Å². The van der Waals surface area contributed by atoms with Crippen molar-refractivity contribution in [3.63, 3.8) is 0 Å². The number of hydrogen-bond acceptors (Lipinski definition) is 9. The molecule has 0 spiro atoms. The molecule has 3 unspecified atom stereocenters. The van der Waals surface area contributed by atoms with Crippen molar-refractivity contribution in [2.24, 2.45) is 0 Å². The molecule has 4 N–H and O–H groups in total. The van der Waals surface area contributed by atoms with E-state index >= 15 is 0 Å². The first-order valence-electron chi connectivity index (χ1n) is 8.33. The molecular weight excluding hydrogens is 402 g/mol. The molecule has 13 heteroatoms. The zero-order chi connectivity index (χ0) is 19.6. The van der Waals surface area contributed by atoms with Crippen LogP contribution in [0.1, 0.15) is 25.7 Å². The molecule has 0 radical (unpaired) electrons. The van der Waals surface area contributed by atoms with E-state index in [1.807, 2.05) is 0 Å². The van der Waals surface area contributed by atoms with Crippen LogP contribution in [0.5, 0.6) is 0 Å². The number of hydrogen-bond donors (Lipinski definition) is 4. The number of aliphatic carboxylic acids is 1. The van der Waals surface area contributed by atoms with Crippen molar-refractivity contribution in [3.05, 3.63) is 0 Å². The summed E-state index contributed by atoms with van der Waals surface area (Å²) in [6.45, 7) is 0. The Balaban J connectivity index is 1.55. The van der Waals surface area contributed by atoms with Gasteiger partial charge in [0.2, 0.25) is 11.8 Å². The highest BCUT2D eigenvalue weighted by Crippen LogP contribution is 2.34. The molecular formula is C14H19N3O8S2. The number of likely N-dealkylation sites (tertiary alicyclic amines) is 1. The Bertz CT molecular complexity index is 635. The van der Waals surface area contributed by atoms with Gasteiger partial charge in [0.05, 0.1) is 18.5 Å². The third kappa shape index (κ3) is 4.32.